The molecule has 1 aromatic heterocycles. The van der Waals surface area contributed by atoms with E-state index in [0.29, 0.717) is 5.56 Å². The second-order valence-electron chi connectivity index (χ2n) is 3.33. The van der Waals surface area contributed by atoms with Gasteiger partial charge >= 0.3 is 0 Å². The molecule has 0 fully saturated rings. The van der Waals surface area contributed by atoms with E-state index in [-0.39, 0.29) is 0 Å². The van der Waals surface area contributed by atoms with Crippen molar-refractivity contribution in [1.29, 1.82) is 0 Å². The van der Waals surface area contributed by atoms with E-state index < -0.39 is 5.91 Å². The zero-order valence-electron chi connectivity index (χ0n) is 8.23. The molecular weight excluding hydrogens is 208 g/mol. The lowest BCUT2D eigenvalue weighted by Crippen LogP contribution is -2.11. The molecule has 2 N–H and O–H groups in total. The fraction of sp³-hybridized carbons (Fsp3) is 0.0909. The number of primary amides is 1. The van der Waals surface area contributed by atoms with E-state index in [1.54, 1.807) is 18.3 Å². The van der Waals surface area contributed by atoms with Crippen molar-refractivity contribution in [3.63, 3.8) is 0 Å². The number of hydrogen-bond donors (Lipinski definition) is 1. The molecule has 2 aromatic rings. The van der Waals surface area contributed by atoms with Gasteiger partial charge in [0, 0.05) is 11.8 Å². The maximum absolute atomic E-state index is 11.1. The minimum Gasteiger partial charge on any atom is -0.366 e. The van der Waals surface area contributed by atoms with Gasteiger partial charge in [0.05, 0.1) is 4.88 Å². The number of benzene rings is 1. The van der Waals surface area contributed by atoms with Gasteiger partial charge in [-0.3, -0.25) is 4.79 Å². The van der Waals surface area contributed by atoms with Crippen LogP contribution in [0.1, 0.15) is 15.9 Å². The van der Waals surface area contributed by atoms with E-state index in [2.05, 4.69) is 4.37 Å². The first-order valence-electron chi connectivity index (χ1n) is 4.49. The van der Waals surface area contributed by atoms with Gasteiger partial charge in [-0.25, -0.2) is 4.37 Å². The van der Waals surface area contributed by atoms with E-state index in [1.807, 2.05) is 19.1 Å². The molecule has 0 spiro atoms. The van der Waals surface area contributed by atoms with Crippen LogP contribution < -0.4 is 5.73 Å². The number of nitrogens with two attached hydrogens (primary N) is 1. The number of amides is 1. The average molecular weight is 218 g/mol. The summed E-state index contributed by atoms with van der Waals surface area (Å²) < 4.78 is 4.03. The molecule has 0 unspecified atom stereocenters. The van der Waals surface area contributed by atoms with E-state index >= 15 is 0 Å². The molecule has 4 heteroatoms. The third kappa shape index (κ3) is 2.05. The predicted octanol–water partition coefficient (Wildman–Crippen LogP) is 2.22. The summed E-state index contributed by atoms with van der Waals surface area (Å²) >= 11 is 1.40. The molecule has 0 saturated carbocycles. The van der Waals surface area contributed by atoms with Crippen molar-refractivity contribution < 1.29 is 4.79 Å². The lowest BCUT2D eigenvalue weighted by atomic mass is 10.1. The second kappa shape index (κ2) is 3.82. The highest BCUT2D eigenvalue weighted by Crippen LogP contribution is 2.24. The van der Waals surface area contributed by atoms with Crippen LogP contribution in [0.4, 0.5) is 0 Å². The molecule has 76 valence electrons. The van der Waals surface area contributed by atoms with Gasteiger partial charge in [-0.2, -0.15) is 0 Å². The number of carbonyl (C=O) groups excluding carboxylic acids is 1. The van der Waals surface area contributed by atoms with E-state index in [4.69, 9.17) is 5.73 Å². The highest BCUT2D eigenvalue weighted by atomic mass is 32.1. The molecule has 0 aliphatic carbocycles. The normalized spacial score (nSPS) is 10.2. The Hall–Kier alpha value is -1.68. The molecule has 0 saturated heterocycles. The molecule has 2 rings (SSSR count). The summed E-state index contributed by atoms with van der Waals surface area (Å²) in [7, 11) is 0. The van der Waals surface area contributed by atoms with Crippen LogP contribution in [0.25, 0.3) is 10.4 Å². The van der Waals surface area contributed by atoms with Crippen LogP contribution in [0.3, 0.4) is 0 Å². The largest absolute Gasteiger partial charge is 0.366 e. The number of aryl methyl sites for hydroxylation is 1. The van der Waals surface area contributed by atoms with Crippen molar-refractivity contribution in [1.82, 2.24) is 4.37 Å². The van der Waals surface area contributed by atoms with Crippen molar-refractivity contribution >= 4 is 17.4 Å². The Balaban J connectivity index is 2.54. The summed E-state index contributed by atoms with van der Waals surface area (Å²) in [6.07, 6.45) is 1.74. The minimum absolute atomic E-state index is 0.399. The van der Waals surface area contributed by atoms with Gasteiger partial charge in [0.1, 0.15) is 0 Å². The van der Waals surface area contributed by atoms with Crippen LogP contribution in [0.5, 0.6) is 0 Å². The first-order valence-corrected chi connectivity index (χ1v) is 5.27. The maximum Gasteiger partial charge on any atom is 0.248 e. The Morgan fingerprint density at radius 2 is 2.20 bits per heavy atom. The average Bonchev–Trinajstić information content (AvgIpc) is 2.69. The van der Waals surface area contributed by atoms with E-state index in [9.17, 15) is 4.79 Å². The number of carbonyl (C=O) groups is 1. The predicted molar refractivity (Wildman–Crippen MR) is 60.8 cm³/mol. The monoisotopic (exact) mass is 218 g/mol. The lowest BCUT2D eigenvalue weighted by Gasteiger charge is -2.02. The molecule has 1 heterocycles. The summed E-state index contributed by atoms with van der Waals surface area (Å²) in [5, 5.41) is 0. The molecule has 0 atom stereocenters. The van der Waals surface area contributed by atoms with Gasteiger partial charge in [-0.1, -0.05) is 6.07 Å². The Labute approximate surface area is 91.7 Å². The molecule has 1 aromatic carbocycles. The number of nitrogens with zero attached hydrogens (tertiary/aromatic N) is 1. The summed E-state index contributed by atoms with van der Waals surface area (Å²) in [6, 6.07) is 7.51. The van der Waals surface area contributed by atoms with Crippen molar-refractivity contribution in [3.8, 4) is 10.4 Å². The van der Waals surface area contributed by atoms with Crippen molar-refractivity contribution in [2.45, 2.75) is 6.92 Å². The van der Waals surface area contributed by atoms with Crippen LogP contribution in [-0.4, -0.2) is 10.3 Å². The van der Waals surface area contributed by atoms with Crippen LogP contribution >= 0.6 is 11.5 Å². The van der Waals surface area contributed by atoms with E-state index in [0.717, 1.165) is 16.0 Å². The number of aromatic nitrogens is 1. The standard InChI is InChI=1S/C11H10N2OS/c1-7-4-8(10-2-3-13-15-10)6-9(5-7)11(12)14/h2-6H,1H3,(H2,12,14). The smallest absolute Gasteiger partial charge is 0.248 e. The molecule has 0 aliphatic heterocycles. The molecule has 15 heavy (non-hydrogen) atoms. The molecule has 3 nitrogen and oxygen atoms in total. The highest BCUT2D eigenvalue weighted by Gasteiger charge is 2.06. The third-order valence-electron chi connectivity index (χ3n) is 2.08. The van der Waals surface area contributed by atoms with Gasteiger partial charge in [0.25, 0.3) is 0 Å². The van der Waals surface area contributed by atoms with E-state index in [1.165, 1.54) is 11.5 Å². The van der Waals surface area contributed by atoms with Gasteiger partial charge in [-0.15, -0.1) is 0 Å². The topological polar surface area (TPSA) is 56.0 Å². The number of hydrogen-bond acceptors (Lipinski definition) is 3. The first kappa shape index (κ1) is 9.86. The van der Waals surface area contributed by atoms with Crippen LogP contribution in [-0.2, 0) is 0 Å². The molecule has 0 aliphatic rings. The van der Waals surface area contributed by atoms with Gasteiger partial charge in [-0.05, 0) is 47.8 Å². The van der Waals surface area contributed by atoms with Crippen molar-refractivity contribution in [2.75, 3.05) is 0 Å². The fourth-order valence-electron chi connectivity index (χ4n) is 1.43. The Morgan fingerprint density at radius 1 is 1.40 bits per heavy atom. The van der Waals surface area contributed by atoms with Crippen LogP contribution in [0.2, 0.25) is 0 Å². The lowest BCUT2D eigenvalue weighted by molar-refractivity contribution is 0.100. The van der Waals surface area contributed by atoms with Gasteiger partial charge in [0.15, 0.2) is 0 Å². The summed E-state index contributed by atoms with van der Waals surface area (Å²) in [5.74, 6) is -0.399. The molecule has 0 bridgehead atoms. The maximum atomic E-state index is 11.1. The molecular formula is C11H10N2OS. The SMILES string of the molecule is Cc1cc(C(N)=O)cc(-c2ccns2)c1. The summed E-state index contributed by atoms with van der Waals surface area (Å²) in [5.41, 5.74) is 7.81. The summed E-state index contributed by atoms with van der Waals surface area (Å²) in [4.78, 5) is 12.1. The van der Waals surface area contributed by atoms with Crippen molar-refractivity contribution in [3.05, 3.63) is 41.6 Å². The zero-order valence-corrected chi connectivity index (χ0v) is 9.04. The highest BCUT2D eigenvalue weighted by molar-refractivity contribution is 7.09. The first-order chi connectivity index (χ1) is 7.16. The Morgan fingerprint density at radius 3 is 2.80 bits per heavy atom. The number of rotatable bonds is 2. The summed E-state index contributed by atoms with van der Waals surface area (Å²) in [6.45, 7) is 1.94. The minimum atomic E-state index is -0.399. The quantitative estimate of drug-likeness (QED) is 0.840. The zero-order chi connectivity index (χ0) is 10.8. The second-order valence-corrected chi connectivity index (χ2v) is 4.16. The Bertz CT molecular complexity index is 491. The Kier molecular flexibility index (Phi) is 2.51. The van der Waals surface area contributed by atoms with Gasteiger partial charge < -0.3 is 5.73 Å². The third-order valence-corrected chi connectivity index (χ3v) is 2.88. The van der Waals surface area contributed by atoms with Gasteiger partial charge in [0.2, 0.25) is 5.91 Å². The van der Waals surface area contributed by atoms with Crippen LogP contribution in [0.15, 0.2) is 30.5 Å². The van der Waals surface area contributed by atoms with Crippen LogP contribution in [0, 0.1) is 6.92 Å². The fourth-order valence-corrected chi connectivity index (χ4v) is 2.01. The molecule has 0 radical (unpaired) electrons. The van der Waals surface area contributed by atoms with Crippen molar-refractivity contribution in [2.24, 2.45) is 5.73 Å². The molecule has 1 amide bonds.